The molecule has 0 unspecified atom stereocenters. The van der Waals surface area contributed by atoms with Crippen LogP contribution in [0.4, 0.5) is 0 Å². The lowest BCUT2D eigenvalue weighted by atomic mass is 9.98. The number of benzene rings is 4. The van der Waals surface area contributed by atoms with Crippen molar-refractivity contribution in [3.63, 3.8) is 0 Å². The number of rotatable bonds is 1. The summed E-state index contributed by atoms with van der Waals surface area (Å²) < 4.78 is 0. The summed E-state index contributed by atoms with van der Waals surface area (Å²) in [5.41, 5.74) is 2.40. The lowest BCUT2D eigenvalue weighted by Gasteiger charge is -2.05. The standard InChI is InChI=1S/C16H11.C6H5/c1-2-7-13(8-3-1)16-12-6-10-14-9-4-5-11-15(14)16;1-2-4-6-5-3-1/h1-7,9-12H;1-5H. The topological polar surface area (TPSA) is 0 Å². The Balaban J connectivity index is 0.000000202. The van der Waals surface area contributed by atoms with E-state index in [2.05, 4.69) is 60.7 Å². The van der Waals surface area contributed by atoms with Crippen LogP contribution < -0.4 is 0 Å². The molecular formula is C22H16. The molecule has 0 nitrogen and oxygen atoms in total. The fourth-order valence-electron chi connectivity index (χ4n) is 2.36. The zero-order valence-corrected chi connectivity index (χ0v) is 12.2. The van der Waals surface area contributed by atoms with E-state index in [1.807, 2.05) is 48.5 Å². The van der Waals surface area contributed by atoms with Crippen LogP contribution in [0.2, 0.25) is 0 Å². The molecule has 0 aliphatic carbocycles. The molecular weight excluding hydrogens is 264 g/mol. The number of fused-ring (bicyclic) bond motifs is 1. The minimum Gasteiger partial charge on any atom is -0.0622 e. The highest BCUT2D eigenvalue weighted by Crippen LogP contribution is 2.27. The molecule has 4 aromatic carbocycles. The Kier molecular flexibility index (Phi) is 4.63. The summed E-state index contributed by atoms with van der Waals surface area (Å²) in [4.78, 5) is 0. The molecule has 4 aromatic rings. The highest BCUT2D eigenvalue weighted by Gasteiger charge is 2.01. The average Bonchev–Trinajstić information content (AvgIpc) is 2.64. The van der Waals surface area contributed by atoms with Crippen LogP contribution in [-0.4, -0.2) is 0 Å². The third kappa shape index (κ3) is 3.42. The molecule has 0 N–H and O–H groups in total. The first-order valence-electron chi connectivity index (χ1n) is 7.31. The molecule has 2 radical (unpaired) electrons. The van der Waals surface area contributed by atoms with Crippen molar-refractivity contribution in [1.82, 2.24) is 0 Å². The summed E-state index contributed by atoms with van der Waals surface area (Å²) in [6.07, 6.45) is 0. The van der Waals surface area contributed by atoms with Gasteiger partial charge in [0.1, 0.15) is 0 Å². The quantitative estimate of drug-likeness (QED) is 0.414. The van der Waals surface area contributed by atoms with Gasteiger partial charge in [0, 0.05) is 0 Å². The SMILES string of the molecule is [c]1ccccc1.[c]1ccccc1-c1cccc2ccccc12. The highest BCUT2D eigenvalue weighted by molar-refractivity contribution is 5.96. The summed E-state index contributed by atoms with van der Waals surface area (Å²) in [5, 5.41) is 2.56. The van der Waals surface area contributed by atoms with Crippen LogP contribution in [0.15, 0.2) is 97.1 Å². The smallest absolute Gasteiger partial charge is 0.00990 e. The molecule has 104 valence electrons. The maximum absolute atomic E-state index is 3.28. The van der Waals surface area contributed by atoms with Crippen molar-refractivity contribution < 1.29 is 0 Å². The van der Waals surface area contributed by atoms with Gasteiger partial charge in [-0.05, 0) is 34.0 Å². The molecule has 0 aliphatic rings. The Hall–Kier alpha value is -2.86. The molecule has 0 fully saturated rings. The summed E-state index contributed by atoms with van der Waals surface area (Å²) in [7, 11) is 0. The van der Waals surface area contributed by atoms with Crippen molar-refractivity contribution in [3.05, 3.63) is 109 Å². The van der Waals surface area contributed by atoms with E-state index in [4.69, 9.17) is 0 Å². The molecule has 22 heavy (non-hydrogen) atoms. The fraction of sp³-hybridized carbons (Fsp3) is 0. The fourth-order valence-corrected chi connectivity index (χ4v) is 2.36. The normalized spacial score (nSPS) is 9.82. The van der Waals surface area contributed by atoms with Crippen molar-refractivity contribution in [1.29, 1.82) is 0 Å². The third-order valence-electron chi connectivity index (χ3n) is 3.40. The Morgan fingerprint density at radius 1 is 0.545 bits per heavy atom. The number of hydrogen-bond donors (Lipinski definition) is 0. The number of hydrogen-bond acceptors (Lipinski definition) is 0. The molecule has 0 atom stereocenters. The monoisotopic (exact) mass is 280 g/mol. The van der Waals surface area contributed by atoms with Gasteiger partial charge < -0.3 is 0 Å². The van der Waals surface area contributed by atoms with Crippen molar-refractivity contribution in [2.24, 2.45) is 0 Å². The van der Waals surface area contributed by atoms with Gasteiger partial charge in [-0.25, -0.2) is 0 Å². The van der Waals surface area contributed by atoms with Crippen molar-refractivity contribution in [2.75, 3.05) is 0 Å². The van der Waals surface area contributed by atoms with Gasteiger partial charge in [-0.15, -0.1) is 0 Å². The summed E-state index contributed by atoms with van der Waals surface area (Å²) in [5.74, 6) is 0. The maximum Gasteiger partial charge on any atom is -0.00990 e. The summed E-state index contributed by atoms with van der Waals surface area (Å²) in [6.45, 7) is 0. The molecule has 0 saturated carbocycles. The average molecular weight is 280 g/mol. The zero-order valence-electron chi connectivity index (χ0n) is 12.2. The summed E-state index contributed by atoms with van der Waals surface area (Å²) >= 11 is 0. The van der Waals surface area contributed by atoms with Crippen molar-refractivity contribution >= 4 is 10.8 Å². The Labute approximate surface area is 131 Å². The van der Waals surface area contributed by atoms with Crippen LogP contribution in [0.3, 0.4) is 0 Å². The molecule has 0 spiro atoms. The van der Waals surface area contributed by atoms with Crippen LogP contribution in [-0.2, 0) is 0 Å². The molecule has 0 aromatic heterocycles. The van der Waals surface area contributed by atoms with E-state index in [-0.39, 0.29) is 0 Å². The van der Waals surface area contributed by atoms with Crippen LogP contribution in [0.5, 0.6) is 0 Å². The first-order chi connectivity index (χ1) is 10.9. The molecule has 0 heteroatoms. The van der Waals surface area contributed by atoms with Crippen molar-refractivity contribution in [2.45, 2.75) is 0 Å². The van der Waals surface area contributed by atoms with Gasteiger partial charge in [-0.2, -0.15) is 0 Å². The van der Waals surface area contributed by atoms with E-state index in [9.17, 15) is 0 Å². The Morgan fingerprint density at radius 2 is 1.27 bits per heavy atom. The van der Waals surface area contributed by atoms with Crippen LogP contribution in [0.1, 0.15) is 0 Å². The zero-order chi connectivity index (χ0) is 15.0. The minimum absolute atomic E-state index is 1.15. The first-order valence-corrected chi connectivity index (χ1v) is 7.31. The van der Waals surface area contributed by atoms with Gasteiger partial charge in [0.25, 0.3) is 0 Å². The van der Waals surface area contributed by atoms with Crippen LogP contribution in [0, 0.1) is 12.1 Å². The van der Waals surface area contributed by atoms with Gasteiger partial charge in [0.2, 0.25) is 0 Å². The Bertz CT molecular complexity index is 786. The first kappa shape index (κ1) is 14.1. The predicted octanol–water partition coefficient (Wildman–Crippen LogP) is 5.79. The Morgan fingerprint density at radius 3 is 1.95 bits per heavy atom. The molecule has 0 heterocycles. The molecule has 4 rings (SSSR count). The largest absolute Gasteiger partial charge is 0.0622 e. The van der Waals surface area contributed by atoms with Crippen LogP contribution in [0.25, 0.3) is 21.9 Å². The van der Waals surface area contributed by atoms with E-state index >= 15 is 0 Å². The second kappa shape index (κ2) is 7.24. The van der Waals surface area contributed by atoms with Gasteiger partial charge in [-0.3, -0.25) is 0 Å². The lowest BCUT2D eigenvalue weighted by Crippen LogP contribution is -1.80. The van der Waals surface area contributed by atoms with Gasteiger partial charge in [0.05, 0.1) is 0 Å². The molecule has 0 aliphatic heterocycles. The van der Waals surface area contributed by atoms with E-state index in [1.54, 1.807) is 0 Å². The van der Waals surface area contributed by atoms with Crippen molar-refractivity contribution in [3.8, 4) is 11.1 Å². The summed E-state index contributed by atoms with van der Waals surface area (Å²) in [6, 6.07) is 38.7. The molecule has 0 amide bonds. The highest BCUT2D eigenvalue weighted by atomic mass is 14.0. The van der Waals surface area contributed by atoms with Crippen LogP contribution >= 0.6 is 0 Å². The van der Waals surface area contributed by atoms with Gasteiger partial charge >= 0.3 is 0 Å². The third-order valence-corrected chi connectivity index (χ3v) is 3.40. The molecule has 0 saturated heterocycles. The van der Waals surface area contributed by atoms with E-state index in [0.29, 0.717) is 0 Å². The minimum atomic E-state index is 1.15. The maximum atomic E-state index is 3.28. The predicted molar refractivity (Wildman–Crippen MR) is 93.5 cm³/mol. The van der Waals surface area contributed by atoms with Gasteiger partial charge in [0.15, 0.2) is 0 Å². The van der Waals surface area contributed by atoms with Gasteiger partial charge in [-0.1, -0.05) is 97.1 Å². The second-order valence-corrected chi connectivity index (χ2v) is 4.88. The van der Waals surface area contributed by atoms with E-state index in [0.717, 1.165) is 5.56 Å². The second-order valence-electron chi connectivity index (χ2n) is 4.88. The lowest BCUT2D eigenvalue weighted by molar-refractivity contribution is 1.64. The van der Waals surface area contributed by atoms with E-state index in [1.165, 1.54) is 16.3 Å². The van der Waals surface area contributed by atoms with E-state index < -0.39 is 0 Å². The molecule has 0 bridgehead atoms.